The molecule has 0 aliphatic heterocycles. The van der Waals surface area contributed by atoms with Gasteiger partial charge in [0.25, 0.3) is 0 Å². The average molecular weight is 252 g/mol. The van der Waals surface area contributed by atoms with Crippen LogP contribution in [0.2, 0.25) is 0 Å². The molecule has 0 amide bonds. The summed E-state index contributed by atoms with van der Waals surface area (Å²) in [6, 6.07) is 3.54. The van der Waals surface area contributed by atoms with Crippen molar-refractivity contribution < 1.29 is 4.39 Å². The Bertz CT molecular complexity index is 611. The number of hydrogen-bond donors (Lipinski definition) is 1. The molecule has 16 heavy (non-hydrogen) atoms. The molecule has 2 rings (SSSR count). The van der Waals surface area contributed by atoms with Crippen LogP contribution in [0.4, 0.5) is 9.39 Å². The van der Waals surface area contributed by atoms with E-state index >= 15 is 0 Å². The van der Waals surface area contributed by atoms with Crippen molar-refractivity contribution in [2.75, 3.05) is 12.0 Å². The van der Waals surface area contributed by atoms with Crippen molar-refractivity contribution >= 4 is 38.2 Å². The molecule has 1 aromatic carbocycles. The number of rotatable bonds is 1. The summed E-state index contributed by atoms with van der Waals surface area (Å²) in [5.41, 5.74) is 6.96. The molecular weight excluding hydrogens is 243 g/mol. The average Bonchev–Trinajstić information content (AvgIpc) is 2.56. The number of nitrogen functional groups attached to an aromatic ring is 1. The number of nitrogens with zero attached hydrogens (tertiary/aromatic N) is 1. The van der Waals surface area contributed by atoms with Gasteiger partial charge in [0.1, 0.15) is 16.9 Å². The van der Waals surface area contributed by atoms with Gasteiger partial charge < -0.3 is 5.73 Å². The largest absolute Gasteiger partial charge is 0.389 e. The fourth-order valence-electron chi connectivity index (χ4n) is 1.73. The van der Waals surface area contributed by atoms with Gasteiger partial charge in [0, 0.05) is 10.3 Å². The van der Waals surface area contributed by atoms with Crippen LogP contribution in [0.1, 0.15) is 11.1 Å². The number of fused-ring (bicyclic) bond motifs is 1. The smallest absolute Gasteiger partial charge is 0.141 e. The molecule has 0 saturated heterocycles. The van der Waals surface area contributed by atoms with Crippen molar-refractivity contribution in [1.29, 1.82) is 5.26 Å². The van der Waals surface area contributed by atoms with Crippen molar-refractivity contribution in [3.63, 3.8) is 0 Å². The first-order valence-electron chi connectivity index (χ1n) is 4.55. The zero-order valence-corrected chi connectivity index (χ0v) is 10.4. The van der Waals surface area contributed by atoms with Gasteiger partial charge in [-0.3, -0.25) is 0 Å². The number of anilines is 1. The van der Waals surface area contributed by atoms with Crippen LogP contribution in [-0.4, -0.2) is 6.26 Å². The van der Waals surface area contributed by atoms with Crippen molar-refractivity contribution in [3.05, 3.63) is 23.0 Å². The van der Waals surface area contributed by atoms with Crippen LogP contribution in [0.5, 0.6) is 0 Å². The zero-order chi connectivity index (χ0) is 11.9. The topological polar surface area (TPSA) is 49.8 Å². The molecule has 2 aromatic rings. The highest BCUT2D eigenvalue weighted by molar-refractivity contribution is 7.98. The van der Waals surface area contributed by atoms with Crippen molar-refractivity contribution in [3.8, 4) is 6.07 Å². The molecule has 2 nitrogen and oxygen atoms in total. The predicted molar refractivity (Wildman–Crippen MR) is 67.4 cm³/mol. The number of hydrogen-bond acceptors (Lipinski definition) is 4. The maximum atomic E-state index is 13.7. The van der Waals surface area contributed by atoms with Crippen molar-refractivity contribution in [1.82, 2.24) is 0 Å². The first kappa shape index (κ1) is 11.2. The van der Waals surface area contributed by atoms with E-state index < -0.39 is 0 Å². The Morgan fingerprint density at radius 2 is 2.25 bits per heavy atom. The standard InChI is InChI=1S/C11H9FN2S2/c1-5-3-7(12)10-8(9(5)15-2)6(4-13)11(14)16-10/h3H,14H2,1-2H3. The number of nitrogens with two attached hydrogens (primary N) is 1. The second-order valence-electron chi connectivity index (χ2n) is 3.37. The molecule has 1 heterocycles. The lowest BCUT2D eigenvalue weighted by Gasteiger charge is -2.05. The minimum absolute atomic E-state index is 0.302. The van der Waals surface area contributed by atoms with Crippen molar-refractivity contribution in [2.24, 2.45) is 0 Å². The van der Waals surface area contributed by atoms with E-state index in [0.29, 0.717) is 20.7 Å². The van der Waals surface area contributed by atoms with Crippen LogP contribution < -0.4 is 5.73 Å². The van der Waals surface area contributed by atoms with Crippen LogP contribution in [-0.2, 0) is 0 Å². The summed E-state index contributed by atoms with van der Waals surface area (Å²) in [6.45, 7) is 1.84. The third-order valence-electron chi connectivity index (χ3n) is 2.40. The maximum absolute atomic E-state index is 13.7. The third kappa shape index (κ3) is 1.46. The molecular formula is C11H9FN2S2. The fraction of sp³-hybridized carbons (Fsp3) is 0.182. The molecule has 0 aliphatic rings. The highest BCUT2D eigenvalue weighted by Gasteiger charge is 2.18. The quantitative estimate of drug-likeness (QED) is 0.790. The summed E-state index contributed by atoms with van der Waals surface area (Å²) in [7, 11) is 0. The zero-order valence-electron chi connectivity index (χ0n) is 8.80. The molecule has 0 radical (unpaired) electrons. The summed E-state index contributed by atoms with van der Waals surface area (Å²) in [5, 5.41) is 10.1. The van der Waals surface area contributed by atoms with E-state index in [1.807, 2.05) is 13.2 Å². The predicted octanol–water partition coefficient (Wildman–Crippen LogP) is 3.52. The van der Waals surface area contributed by atoms with Gasteiger partial charge in [-0.1, -0.05) is 0 Å². The Labute approximate surface area is 101 Å². The number of halogens is 1. The molecule has 0 atom stereocenters. The first-order valence-corrected chi connectivity index (χ1v) is 6.59. The molecule has 0 saturated carbocycles. The molecule has 82 valence electrons. The molecule has 2 N–H and O–H groups in total. The van der Waals surface area contributed by atoms with Crippen LogP contribution in [0, 0.1) is 24.1 Å². The van der Waals surface area contributed by atoms with E-state index in [-0.39, 0.29) is 5.82 Å². The van der Waals surface area contributed by atoms with E-state index in [0.717, 1.165) is 21.8 Å². The second kappa shape index (κ2) is 3.96. The fourth-order valence-corrected chi connectivity index (χ4v) is 3.51. The molecule has 5 heteroatoms. The lowest BCUT2D eigenvalue weighted by molar-refractivity contribution is 0.639. The van der Waals surface area contributed by atoms with Crippen molar-refractivity contribution in [2.45, 2.75) is 11.8 Å². The molecule has 0 bridgehead atoms. The number of benzene rings is 1. The number of nitriles is 1. The van der Waals surface area contributed by atoms with Gasteiger partial charge in [-0.25, -0.2) is 4.39 Å². The molecule has 0 aliphatic carbocycles. The molecule has 0 unspecified atom stereocenters. The minimum atomic E-state index is -0.302. The van der Waals surface area contributed by atoms with Gasteiger partial charge >= 0.3 is 0 Å². The summed E-state index contributed by atoms with van der Waals surface area (Å²) >= 11 is 2.64. The summed E-state index contributed by atoms with van der Waals surface area (Å²) in [4.78, 5) is 0.931. The van der Waals surface area contributed by atoms with E-state index in [2.05, 4.69) is 6.07 Å². The number of thioether (sulfide) groups is 1. The molecule has 0 spiro atoms. The first-order chi connectivity index (χ1) is 7.60. The second-order valence-corrected chi connectivity index (χ2v) is 5.23. The summed E-state index contributed by atoms with van der Waals surface area (Å²) in [6.07, 6.45) is 1.91. The highest BCUT2D eigenvalue weighted by atomic mass is 32.2. The van der Waals surface area contributed by atoms with E-state index in [1.165, 1.54) is 17.8 Å². The molecule has 0 fully saturated rings. The Morgan fingerprint density at radius 1 is 1.56 bits per heavy atom. The van der Waals surface area contributed by atoms with Crippen LogP contribution >= 0.6 is 23.1 Å². The van der Waals surface area contributed by atoms with Crippen LogP contribution in [0.25, 0.3) is 10.1 Å². The van der Waals surface area contributed by atoms with E-state index in [1.54, 1.807) is 0 Å². The Hall–Kier alpha value is -1.25. The van der Waals surface area contributed by atoms with Gasteiger partial charge in [-0.2, -0.15) is 5.26 Å². The summed E-state index contributed by atoms with van der Waals surface area (Å²) < 4.78 is 14.2. The van der Waals surface area contributed by atoms with E-state index in [4.69, 9.17) is 11.0 Å². The van der Waals surface area contributed by atoms with Gasteiger partial charge in [0.05, 0.1) is 10.3 Å². The molecule has 1 aromatic heterocycles. The van der Waals surface area contributed by atoms with Crippen LogP contribution in [0.15, 0.2) is 11.0 Å². The SMILES string of the molecule is CSc1c(C)cc(F)c2sc(N)c(C#N)c12. The number of thiophene rings is 1. The van der Waals surface area contributed by atoms with Gasteiger partial charge in [0.15, 0.2) is 0 Å². The Morgan fingerprint density at radius 3 is 2.81 bits per heavy atom. The third-order valence-corrected chi connectivity index (χ3v) is 4.36. The number of aryl methyl sites for hydroxylation is 1. The minimum Gasteiger partial charge on any atom is -0.389 e. The summed E-state index contributed by atoms with van der Waals surface area (Å²) in [5.74, 6) is -0.302. The van der Waals surface area contributed by atoms with Gasteiger partial charge in [-0.05, 0) is 24.8 Å². The van der Waals surface area contributed by atoms with E-state index in [9.17, 15) is 4.39 Å². The van der Waals surface area contributed by atoms with Gasteiger partial charge in [0.2, 0.25) is 0 Å². The normalized spacial score (nSPS) is 10.6. The van der Waals surface area contributed by atoms with Gasteiger partial charge in [-0.15, -0.1) is 23.1 Å². The lowest BCUT2D eigenvalue weighted by atomic mass is 10.1. The Balaban J connectivity index is 3.03. The highest BCUT2D eigenvalue weighted by Crippen LogP contribution is 2.41. The maximum Gasteiger partial charge on any atom is 0.141 e. The van der Waals surface area contributed by atoms with Crippen LogP contribution in [0.3, 0.4) is 0 Å². The lowest BCUT2D eigenvalue weighted by Crippen LogP contribution is -1.87. The monoisotopic (exact) mass is 252 g/mol. The Kier molecular flexibility index (Phi) is 2.78.